The Morgan fingerprint density at radius 2 is 1.57 bits per heavy atom. The monoisotopic (exact) mass is 321 g/mol. The topological polar surface area (TPSA) is 41.6 Å². The van der Waals surface area contributed by atoms with Gasteiger partial charge in [0.1, 0.15) is 5.84 Å². The number of hydrogen-bond acceptors (Lipinski definition) is 3. The van der Waals surface area contributed by atoms with Crippen LogP contribution >= 0.6 is 0 Å². The number of nitrogens with two attached hydrogens (primary N) is 1. The Kier molecular flexibility index (Phi) is 13.0. The lowest BCUT2D eigenvalue weighted by atomic mass is 10.1. The highest BCUT2D eigenvalue weighted by molar-refractivity contribution is 5.94. The zero-order chi connectivity index (χ0) is 16.6. The number of aliphatic imine (C=N–C) groups is 1. The zero-order valence-electron chi connectivity index (χ0n) is 15.4. The fourth-order valence-corrected chi connectivity index (χ4v) is 3.16. The van der Waals surface area contributed by atoms with Crippen molar-refractivity contribution in [2.45, 2.75) is 84.0 Å². The summed E-state index contributed by atoms with van der Waals surface area (Å²) in [5.74, 6) is 1.14. The molecule has 0 saturated carbocycles. The van der Waals surface area contributed by atoms with Gasteiger partial charge < -0.3 is 10.6 Å². The van der Waals surface area contributed by atoms with Crippen LogP contribution in [0.5, 0.6) is 0 Å². The van der Waals surface area contributed by atoms with Crippen molar-refractivity contribution >= 4 is 5.84 Å². The van der Waals surface area contributed by atoms with E-state index in [4.69, 9.17) is 5.73 Å². The molecule has 134 valence electrons. The van der Waals surface area contributed by atoms with Crippen LogP contribution in [0.3, 0.4) is 0 Å². The molecule has 0 aromatic rings. The molecule has 0 aliphatic carbocycles. The van der Waals surface area contributed by atoms with E-state index in [-0.39, 0.29) is 0 Å². The summed E-state index contributed by atoms with van der Waals surface area (Å²) in [7, 11) is 0. The highest BCUT2D eigenvalue weighted by Crippen LogP contribution is 2.12. The van der Waals surface area contributed by atoms with E-state index in [0.29, 0.717) is 6.54 Å². The maximum absolute atomic E-state index is 5.62. The fourth-order valence-electron chi connectivity index (χ4n) is 3.16. The molecular weight excluding hydrogens is 282 g/mol. The normalized spacial score (nSPS) is 14.9. The number of rotatable bonds is 15. The summed E-state index contributed by atoms with van der Waals surface area (Å²) in [5, 5.41) is 0. The molecule has 1 heterocycles. The van der Waals surface area contributed by atoms with Crippen LogP contribution in [0.2, 0.25) is 0 Å². The van der Waals surface area contributed by atoms with Crippen LogP contribution in [0.25, 0.3) is 0 Å². The Morgan fingerprint density at radius 1 is 0.957 bits per heavy atom. The van der Waals surface area contributed by atoms with Gasteiger partial charge in [-0.05, 0) is 18.9 Å². The van der Waals surface area contributed by atoms with Gasteiger partial charge in [-0.25, -0.2) is 0 Å². The molecule has 0 aromatic carbocycles. The molecule has 2 N–H and O–H groups in total. The van der Waals surface area contributed by atoms with Crippen LogP contribution < -0.4 is 5.73 Å². The largest absolute Gasteiger partial charge is 0.354 e. The van der Waals surface area contributed by atoms with Gasteiger partial charge in [0.05, 0.1) is 6.54 Å². The van der Waals surface area contributed by atoms with E-state index >= 15 is 0 Å². The number of unbranched alkanes of at least 4 members (excludes halogenated alkanes) is 11. The maximum Gasteiger partial charge on any atom is 0.123 e. The molecule has 0 radical (unpaired) electrons. The van der Waals surface area contributed by atoms with Crippen molar-refractivity contribution in [1.82, 2.24) is 4.90 Å². The summed E-state index contributed by atoms with van der Waals surface area (Å²) in [6, 6.07) is 0. The Bertz CT molecular complexity index is 323. The molecule has 1 aliphatic heterocycles. The summed E-state index contributed by atoms with van der Waals surface area (Å²) in [6.07, 6.45) is 21.2. The second kappa shape index (κ2) is 14.7. The zero-order valence-corrected chi connectivity index (χ0v) is 15.4. The molecule has 1 rings (SSSR count). The first-order valence-electron chi connectivity index (χ1n) is 10.0. The Morgan fingerprint density at radius 3 is 2.17 bits per heavy atom. The van der Waals surface area contributed by atoms with Gasteiger partial charge in [-0.15, -0.1) is 0 Å². The van der Waals surface area contributed by atoms with E-state index < -0.39 is 0 Å². The van der Waals surface area contributed by atoms with E-state index in [1.54, 1.807) is 0 Å². The minimum atomic E-state index is 0.714. The van der Waals surface area contributed by atoms with Gasteiger partial charge in [0.15, 0.2) is 0 Å². The van der Waals surface area contributed by atoms with E-state index in [2.05, 4.69) is 29.0 Å². The fraction of sp³-hybridized carbons (Fsp3) is 0.850. The van der Waals surface area contributed by atoms with Gasteiger partial charge in [0, 0.05) is 19.6 Å². The Hall–Kier alpha value is -0.830. The summed E-state index contributed by atoms with van der Waals surface area (Å²) >= 11 is 0. The molecule has 0 amide bonds. The first-order chi connectivity index (χ1) is 11.4. The van der Waals surface area contributed by atoms with Crippen molar-refractivity contribution in [3.05, 3.63) is 12.2 Å². The van der Waals surface area contributed by atoms with Crippen molar-refractivity contribution in [2.75, 3.05) is 26.2 Å². The van der Waals surface area contributed by atoms with Crippen LogP contribution in [0, 0.1) is 0 Å². The Labute approximate surface area is 144 Å². The van der Waals surface area contributed by atoms with E-state index in [0.717, 1.165) is 25.5 Å². The van der Waals surface area contributed by atoms with E-state index in [1.165, 1.54) is 77.0 Å². The molecule has 1 aliphatic rings. The van der Waals surface area contributed by atoms with Gasteiger partial charge in [-0.1, -0.05) is 77.2 Å². The minimum Gasteiger partial charge on any atom is -0.354 e. The SMILES string of the molecule is CCCCCCCCCCCCC/C=C/C1=NCCN1CCN. The number of allylic oxidation sites excluding steroid dienone is 1. The first kappa shape index (κ1) is 20.2. The lowest BCUT2D eigenvalue weighted by Crippen LogP contribution is -2.31. The van der Waals surface area contributed by atoms with Gasteiger partial charge in [0.2, 0.25) is 0 Å². The second-order valence-electron chi connectivity index (χ2n) is 6.74. The van der Waals surface area contributed by atoms with Crippen LogP contribution in [0.15, 0.2) is 17.1 Å². The highest BCUT2D eigenvalue weighted by Gasteiger charge is 2.12. The van der Waals surface area contributed by atoms with Crippen molar-refractivity contribution in [1.29, 1.82) is 0 Å². The average molecular weight is 322 g/mol. The molecule has 0 bridgehead atoms. The van der Waals surface area contributed by atoms with Crippen molar-refractivity contribution in [3.8, 4) is 0 Å². The molecule has 23 heavy (non-hydrogen) atoms. The molecule has 3 nitrogen and oxygen atoms in total. The van der Waals surface area contributed by atoms with Gasteiger partial charge in [-0.3, -0.25) is 4.99 Å². The summed E-state index contributed by atoms with van der Waals surface area (Å²) in [5.41, 5.74) is 5.62. The second-order valence-corrected chi connectivity index (χ2v) is 6.74. The Balaban J connectivity index is 1.87. The van der Waals surface area contributed by atoms with Crippen LogP contribution in [-0.4, -0.2) is 36.9 Å². The third-order valence-corrected chi connectivity index (χ3v) is 4.61. The van der Waals surface area contributed by atoms with E-state index in [1.807, 2.05) is 0 Å². The molecule has 0 spiro atoms. The summed E-state index contributed by atoms with van der Waals surface area (Å²) in [4.78, 5) is 6.82. The number of nitrogens with zero attached hydrogens (tertiary/aromatic N) is 2. The third-order valence-electron chi connectivity index (χ3n) is 4.61. The molecule has 0 atom stereocenters. The molecule has 3 heteroatoms. The lowest BCUT2D eigenvalue weighted by Gasteiger charge is -2.16. The predicted octanol–water partition coefficient (Wildman–Crippen LogP) is 4.92. The van der Waals surface area contributed by atoms with Gasteiger partial charge in [0.25, 0.3) is 0 Å². The number of hydrogen-bond donors (Lipinski definition) is 1. The van der Waals surface area contributed by atoms with Gasteiger partial charge >= 0.3 is 0 Å². The minimum absolute atomic E-state index is 0.714. The molecule has 0 unspecified atom stereocenters. The van der Waals surface area contributed by atoms with Crippen molar-refractivity contribution in [3.63, 3.8) is 0 Å². The van der Waals surface area contributed by atoms with E-state index in [9.17, 15) is 0 Å². The van der Waals surface area contributed by atoms with Gasteiger partial charge in [-0.2, -0.15) is 0 Å². The summed E-state index contributed by atoms with van der Waals surface area (Å²) in [6.45, 7) is 5.90. The first-order valence-corrected chi connectivity index (χ1v) is 10.0. The quantitative estimate of drug-likeness (QED) is 0.435. The van der Waals surface area contributed by atoms with Crippen LogP contribution in [0.1, 0.15) is 84.0 Å². The summed E-state index contributed by atoms with van der Waals surface area (Å²) < 4.78 is 0. The van der Waals surface area contributed by atoms with Crippen molar-refractivity contribution in [2.24, 2.45) is 10.7 Å². The molecule has 0 fully saturated rings. The third kappa shape index (κ3) is 10.5. The maximum atomic E-state index is 5.62. The molecule has 0 aromatic heterocycles. The lowest BCUT2D eigenvalue weighted by molar-refractivity contribution is 0.469. The van der Waals surface area contributed by atoms with Crippen LogP contribution in [0.4, 0.5) is 0 Å². The van der Waals surface area contributed by atoms with Crippen LogP contribution in [-0.2, 0) is 0 Å². The average Bonchev–Trinajstić information content (AvgIpc) is 2.99. The molecule has 0 saturated heterocycles. The smallest absolute Gasteiger partial charge is 0.123 e. The van der Waals surface area contributed by atoms with Crippen molar-refractivity contribution < 1.29 is 0 Å². The molecular formula is C20H39N3. The number of amidine groups is 1. The predicted molar refractivity (Wildman–Crippen MR) is 103 cm³/mol. The standard InChI is InChI=1S/C20H39N3/c1-2-3-4-5-6-7-8-9-10-11-12-13-14-15-20-22-17-19-23(20)18-16-21/h14-15H,2-13,16-19,21H2,1H3/b15-14+. The highest BCUT2D eigenvalue weighted by atomic mass is 15.2.